The van der Waals surface area contributed by atoms with E-state index in [1.54, 1.807) is 23.1 Å². The summed E-state index contributed by atoms with van der Waals surface area (Å²) in [5, 5.41) is 17.1. The molecule has 3 aromatic rings. The highest BCUT2D eigenvalue weighted by molar-refractivity contribution is 5.74. The van der Waals surface area contributed by atoms with Gasteiger partial charge in [-0.25, -0.2) is 9.48 Å². The molecule has 144 valence electrons. The van der Waals surface area contributed by atoms with Crippen molar-refractivity contribution >= 4 is 6.03 Å². The summed E-state index contributed by atoms with van der Waals surface area (Å²) in [4.78, 5) is 14.4. The zero-order valence-corrected chi connectivity index (χ0v) is 15.6. The lowest BCUT2D eigenvalue weighted by Crippen LogP contribution is -2.40. The molecule has 0 bridgehead atoms. The molecule has 4 rings (SSSR count). The van der Waals surface area contributed by atoms with Crippen molar-refractivity contribution in [3.63, 3.8) is 0 Å². The summed E-state index contributed by atoms with van der Waals surface area (Å²) in [7, 11) is 0. The highest BCUT2D eigenvalue weighted by Gasteiger charge is 2.20. The Morgan fingerprint density at radius 2 is 2.07 bits per heavy atom. The number of rotatable bonds is 3. The third-order valence-electron chi connectivity index (χ3n) is 4.77. The smallest absolute Gasteiger partial charge is 0.318 e. The number of hydrogen-bond acceptors (Lipinski definition) is 4. The Bertz CT molecular complexity index is 985. The van der Waals surface area contributed by atoms with Gasteiger partial charge in [-0.05, 0) is 31.2 Å². The summed E-state index contributed by atoms with van der Waals surface area (Å²) >= 11 is 0. The van der Waals surface area contributed by atoms with Crippen LogP contribution in [-0.4, -0.2) is 39.0 Å². The van der Waals surface area contributed by atoms with Crippen LogP contribution in [0.1, 0.15) is 16.8 Å². The van der Waals surface area contributed by atoms with Crippen LogP contribution in [0.5, 0.6) is 11.5 Å². The van der Waals surface area contributed by atoms with E-state index in [0.29, 0.717) is 32.0 Å². The molecule has 0 fully saturated rings. The molecule has 7 nitrogen and oxygen atoms in total. The monoisotopic (exact) mass is 378 g/mol. The molecule has 0 atom stereocenters. The Morgan fingerprint density at radius 1 is 1.25 bits per heavy atom. The normalized spacial score (nSPS) is 13.4. The third-order valence-corrected chi connectivity index (χ3v) is 4.77. The lowest BCUT2D eigenvalue weighted by atomic mass is 10.2. The quantitative estimate of drug-likeness (QED) is 0.734. The number of hydrogen-bond donors (Lipinski definition) is 2. The maximum atomic E-state index is 12.7. The molecule has 28 heavy (non-hydrogen) atoms. The summed E-state index contributed by atoms with van der Waals surface area (Å²) in [6.07, 6.45) is 1.94. The van der Waals surface area contributed by atoms with Crippen molar-refractivity contribution in [2.75, 3.05) is 13.2 Å². The number of amides is 2. The summed E-state index contributed by atoms with van der Waals surface area (Å²) in [5.74, 6) is 0.776. The highest BCUT2D eigenvalue weighted by Crippen LogP contribution is 2.27. The fourth-order valence-electron chi connectivity index (χ4n) is 3.20. The van der Waals surface area contributed by atoms with E-state index < -0.39 is 0 Å². The number of aromatic nitrogens is 2. The fraction of sp³-hybridized carbons (Fsp3) is 0.238. The van der Waals surface area contributed by atoms with Crippen LogP contribution in [0.25, 0.3) is 5.69 Å². The van der Waals surface area contributed by atoms with Crippen LogP contribution in [0, 0.1) is 6.92 Å². The lowest BCUT2D eigenvalue weighted by molar-refractivity contribution is 0.187. The predicted octanol–water partition coefficient (Wildman–Crippen LogP) is 2.99. The first-order chi connectivity index (χ1) is 13.6. The van der Waals surface area contributed by atoms with E-state index in [1.807, 2.05) is 48.1 Å². The zero-order chi connectivity index (χ0) is 19.5. The summed E-state index contributed by atoms with van der Waals surface area (Å²) in [6, 6.07) is 14.7. The van der Waals surface area contributed by atoms with Gasteiger partial charge in [0.05, 0.1) is 24.5 Å². The Hall–Kier alpha value is -3.48. The summed E-state index contributed by atoms with van der Waals surface area (Å²) in [5.41, 5.74) is 3.70. The molecular formula is C21H22N4O3. The fourth-order valence-corrected chi connectivity index (χ4v) is 3.20. The number of phenols is 1. The van der Waals surface area contributed by atoms with E-state index in [-0.39, 0.29) is 11.8 Å². The molecule has 0 aliphatic carbocycles. The molecule has 0 unspecified atom stereocenters. The number of para-hydroxylation sites is 1. The molecule has 2 N–H and O–H groups in total. The van der Waals surface area contributed by atoms with Crippen LogP contribution >= 0.6 is 0 Å². The zero-order valence-electron chi connectivity index (χ0n) is 15.6. The molecular weight excluding hydrogens is 356 g/mol. The van der Waals surface area contributed by atoms with Gasteiger partial charge in [-0.15, -0.1) is 0 Å². The van der Waals surface area contributed by atoms with Crippen molar-refractivity contribution in [3.8, 4) is 17.2 Å². The van der Waals surface area contributed by atoms with Crippen LogP contribution in [0.4, 0.5) is 4.79 Å². The van der Waals surface area contributed by atoms with Gasteiger partial charge in [-0.1, -0.05) is 18.2 Å². The Morgan fingerprint density at radius 3 is 2.89 bits per heavy atom. The van der Waals surface area contributed by atoms with Gasteiger partial charge in [0.1, 0.15) is 18.1 Å². The average Bonchev–Trinajstić information content (AvgIpc) is 2.94. The molecule has 2 aromatic carbocycles. The van der Waals surface area contributed by atoms with E-state index in [4.69, 9.17) is 4.74 Å². The SMILES string of the molecule is Cc1nn(-c2ccccc2)cc1CNC(=O)N1CCOc2cc(O)ccc2C1. The second-order valence-corrected chi connectivity index (χ2v) is 6.74. The minimum atomic E-state index is -0.156. The van der Waals surface area contributed by atoms with Crippen LogP contribution in [-0.2, 0) is 13.1 Å². The van der Waals surface area contributed by atoms with E-state index in [2.05, 4.69) is 10.4 Å². The molecule has 1 aliphatic heterocycles. The minimum absolute atomic E-state index is 0.155. The largest absolute Gasteiger partial charge is 0.508 e. The number of benzene rings is 2. The van der Waals surface area contributed by atoms with Gasteiger partial charge >= 0.3 is 6.03 Å². The number of carbonyl (C=O) groups is 1. The Labute approximate surface area is 163 Å². The summed E-state index contributed by atoms with van der Waals surface area (Å²) in [6.45, 7) is 3.63. The van der Waals surface area contributed by atoms with E-state index in [1.165, 1.54) is 0 Å². The molecule has 0 spiro atoms. The predicted molar refractivity (Wildman–Crippen MR) is 105 cm³/mol. The van der Waals surface area contributed by atoms with Crippen LogP contribution in [0.2, 0.25) is 0 Å². The van der Waals surface area contributed by atoms with Gasteiger partial charge in [0.2, 0.25) is 0 Å². The molecule has 1 aliphatic rings. The van der Waals surface area contributed by atoms with Gasteiger partial charge < -0.3 is 20.1 Å². The number of aryl methyl sites for hydroxylation is 1. The van der Waals surface area contributed by atoms with E-state index in [9.17, 15) is 9.90 Å². The first-order valence-corrected chi connectivity index (χ1v) is 9.18. The number of nitrogens with one attached hydrogen (secondary N) is 1. The molecule has 0 saturated heterocycles. The van der Waals surface area contributed by atoms with Crippen molar-refractivity contribution in [1.29, 1.82) is 0 Å². The topological polar surface area (TPSA) is 79.6 Å². The minimum Gasteiger partial charge on any atom is -0.508 e. The second kappa shape index (κ2) is 7.64. The van der Waals surface area contributed by atoms with Gasteiger partial charge in [0.15, 0.2) is 0 Å². The van der Waals surface area contributed by atoms with E-state index >= 15 is 0 Å². The number of ether oxygens (including phenoxy) is 1. The maximum absolute atomic E-state index is 12.7. The highest BCUT2D eigenvalue weighted by atomic mass is 16.5. The molecule has 0 radical (unpaired) electrons. The van der Waals surface area contributed by atoms with Crippen molar-refractivity contribution in [3.05, 3.63) is 71.5 Å². The third kappa shape index (κ3) is 3.78. The number of nitrogens with zero attached hydrogens (tertiary/aromatic N) is 3. The van der Waals surface area contributed by atoms with Crippen molar-refractivity contribution in [2.24, 2.45) is 0 Å². The first kappa shape index (κ1) is 17.9. The van der Waals surface area contributed by atoms with Crippen molar-refractivity contribution < 1.29 is 14.6 Å². The number of urea groups is 1. The lowest BCUT2D eigenvalue weighted by Gasteiger charge is -2.20. The molecule has 2 amide bonds. The van der Waals surface area contributed by atoms with Crippen LogP contribution in [0.15, 0.2) is 54.7 Å². The number of carbonyl (C=O) groups excluding carboxylic acids is 1. The van der Waals surface area contributed by atoms with Crippen LogP contribution in [0.3, 0.4) is 0 Å². The average molecular weight is 378 g/mol. The number of aromatic hydroxyl groups is 1. The molecule has 7 heteroatoms. The standard InChI is InChI=1S/C21H22N4O3/c1-15-17(14-25(23-15)18-5-3-2-4-6-18)12-22-21(27)24-9-10-28-20-11-19(26)8-7-16(20)13-24/h2-8,11,14,26H,9-10,12-13H2,1H3,(H,22,27). The molecule has 1 aromatic heterocycles. The van der Waals surface area contributed by atoms with Crippen LogP contribution < -0.4 is 10.1 Å². The Balaban J connectivity index is 1.42. The van der Waals surface area contributed by atoms with Gasteiger partial charge in [-0.2, -0.15) is 5.10 Å². The maximum Gasteiger partial charge on any atom is 0.318 e. The van der Waals surface area contributed by atoms with Crippen molar-refractivity contribution in [1.82, 2.24) is 20.0 Å². The van der Waals surface area contributed by atoms with Gasteiger partial charge in [0, 0.05) is 29.9 Å². The second-order valence-electron chi connectivity index (χ2n) is 6.74. The van der Waals surface area contributed by atoms with E-state index in [0.717, 1.165) is 22.5 Å². The molecule has 2 heterocycles. The Kier molecular flexibility index (Phi) is 4.89. The molecule has 0 saturated carbocycles. The van der Waals surface area contributed by atoms with Gasteiger partial charge in [0.25, 0.3) is 0 Å². The van der Waals surface area contributed by atoms with Gasteiger partial charge in [-0.3, -0.25) is 0 Å². The summed E-state index contributed by atoms with van der Waals surface area (Å²) < 4.78 is 7.47. The number of phenolic OH excluding ortho intramolecular Hbond substituents is 1. The number of fused-ring (bicyclic) bond motifs is 1. The van der Waals surface area contributed by atoms with Crippen molar-refractivity contribution in [2.45, 2.75) is 20.0 Å². The first-order valence-electron chi connectivity index (χ1n) is 9.18.